The zero-order valence-corrected chi connectivity index (χ0v) is 20.5. The summed E-state index contributed by atoms with van der Waals surface area (Å²) >= 11 is 0. The summed E-state index contributed by atoms with van der Waals surface area (Å²) in [4.78, 5) is 42.5. The van der Waals surface area contributed by atoms with Crippen LogP contribution in [-0.4, -0.2) is 70.2 Å². The monoisotopic (exact) mass is 471 g/mol. The molecule has 8 nitrogen and oxygen atoms in total. The Labute approximate surface area is 201 Å². The van der Waals surface area contributed by atoms with E-state index in [2.05, 4.69) is 10.6 Å². The molecule has 3 fully saturated rings. The molecule has 6 atom stereocenters. The Morgan fingerprint density at radius 1 is 1.21 bits per heavy atom. The molecular weight excluding hydrogens is 434 g/mol. The molecule has 1 aromatic carbocycles. The van der Waals surface area contributed by atoms with E-state index in [0.29, 0.717) is 25.8 Å². The smallest absolute Gasteiger partial charge is 0.246 e. The van der Waals surface area contributed by atoms with Crippen molar-refractivity contribution in [2.45, 2.75) is 82.7 Å². The molecule has 0 aliphatic carbocycles. The average molecular weight is 472 g/mol. The molecule has 1 spiro atoms. The van der Waals surface area contributed by atoms with Crippen LogP contribution in [0.15, 0.2) is 30.3 Å². The molecule has 0 aromatic heterocycles. The van der Waals surface area contributed by atoms with Gasteiger partial charge in [-0.3, -0.25) is 14.4 Å². The fourth-order valence-electron chi connectivity index (χ4n) is 6.32. The number of ether oxygens (including phenoxy) is 1. The molecule has 186 valence electrons. The van der Waals surface area contributed by atoms with Crippen molar-refractivity contribution in [1.29, 1.82) is 0 Å². The molecule has 2 bridgehead atoms. The summed E-state index contributed by atoms with van der Waals surface area (Å²) in [5, 5.41) is 16.3. The van der Waals surface area contributed by atoms with E-state index in [1.807, 2.05) is 58.0 Å². The van der Waals surface area contributed by atoms with Crippen LogP contribution in [0.25, 0.3) is 0 Å². The van der Waals surface area contributed by atoms with Gasteiger partial charge in [0.15, 0.2) is 0 Å². The highest BCUT2D eigenvalue weighted by Gasteiger charge is 2.78. The summed E-state index contributed by atoms with van der Waals surface area (Å²) < 4.78 is 6.58. The van der Waals surface area contributed by atoms with Gasteiger partial charge in [0, 0.05) is 12.6 Å². The highest BCUT2D eigenvalue weighted by molar-refractivity contribution is 5.99. The highest BCUT2D eigenvalue weighted by atomic mass is 16.5. The van der Waals surface area contributed by atoms with Crippen LogP contribution in [0.3, 0.4) is 0 Å². The minimum atomic E-state index is -1.08. The minimum Gasteiger partial charge on any atom is -0.394 e. The Bertz CT molecular complexity index is 938. The number of aliphatic hydroxyl groups is 1. The maximum absolute atomic E-state index is 14.1. The van der Waals surface area contributed by atoms with E-state index in [4.69, 9.17) is 4.74 Å². The zero-order valence-electron chi connectivity index (χ0n) is 20.5. The van der Waals surface area contributed by atoms with Crippen molar-refractivity contribution >= 4 is 17.7 Å². The molecule has 3 aliphatic rings. The van der Waals surface area contributed by atoms with Gasteiger partial charge >= 0.3 is 0 Å². The second-order valence-corrected chi connectivity index (χ2v) is 10.5. The third kappa shape index (κ3) is 3.90. The zero-order chi connectivity index (χ0) is 24.7. The van der Waals surface area contributed by atoms with Gasteiger partial charge in [-0.25, -0.2) is 0 Å². The third-order valence-corrected chi connectivity index (χ3v) is 7.64. The number of hydrogen-bond acceptors (Lipinski definition) is 5. The molecule has 1 aromatic rings. The Kier molecular flexibility index (Phi) is 6.75. The lowest BCUT2D eigenvalue weighted by atomic mass is 9.66. The lowest BCUT2D eigenvalue weighted by Gasteiger charge is -2.37. The number of amides is 3. The average Bonchev–Trinajstić information content (AvgIpc) is 3.37. The molecule has 4 rings (SSSR count). The van der Waals surface area contributed by atoms with Crippen molar-refractivity contribution in [3.8, 4) is 0 Å². The van der Waals surface area contributed by atoms with Gasteiger partial charge in [0.1, 0.15) is 11.6 Å². The van der Waals surface area contributed by atoms with Crippen molar-refractivity contribution in [2.75, 3.05) is 13.2 Å². The maximum Gasteiger partial charge on any atom is 0.246 e. The standard InChI is InChI=1S/C26H37N3O5/c1-5-13-27-22(31)19-20-24(33)29(18(15-30)14-17-9-7-6-8-10-17)21(23(32)28-16(2)3)26(20)12-11-25(19,4)34-26/h6-10,16,18-21,30H,5,11-15H2,1-4H3,(H,27,31)(H,28,32)/t18-,19+,20+,21?,25-,26?/m1/s1. The van der Waals surface area contributed by atoms with Crippen LogP contribution in [0.1, 0.15) is 52.5 Å². The van der Waals surface area contributed by atoms with Gasteiger partial charge in [0.05, 0.1) is 30.1 Å². The largest absolute Gasteiger partial charge is 0.394 e. The van der Waals surface area contributed by atoms with Gasteiger partial charge in [-0.05, 0) is 52.0 Å². The van der Waals surface area contributed by atoms with Gasteiger partial charge in [0.2, 0.25) is 17.7 Å². The fourth-order valence-corrected chi connectivity index (χ4v) is 6.32. The van der Waals surface area contributed by atoms with Crippen molar-refractivity contribution < 1.29 is 24.2 Å². The summed E-state index contributed by atoms with van der Waals surface area (Å²) in [7, 11) is 0. The van der Waals surface area contributed by atoms with Gasteiger partial charge in [-0.2, -0.15) is 0 Å². The van der Waals surface area contributed by atoms with Gasteiger partial charge < -0.3 is 25.4 Å². The number of aliphatic hydroxyl groups excluding tert-OH is 1. The minimum absolute atomic E-state index is 0.126. The molecule has 8 heteroatoms. The first-order chi connectivity index (χ1) is 16.2. The normalized spacial score (nSPS) is 32.7. The fraction of sp³-hybridized carbons (Fsp3) is 0.654. The second-order valence-electron chi connectivity index (χ2n) is 10.5. The Hall–Kier alpha value is -2.45. The quantitative estimate of drug-likeness (QED) is 0.505. The Morgan fingerprint density at radius 2 is 1.91 bits per heavy atom. The number of fused-ring (bicyclic) bond motifs is 1. The summed E-state index contributed by atoms with van der Waals surface area (Å²) in [6.07, 6.45) is 2.31. The van der Waals surface area contributed by atoms with Crippen molar-refractivity contribution in [3.05, 3.63) is 35.9 Å². The van der Waals surface area contributed by atoms with E-state index in [0.717, 1.165) is 12.0 Å². The second kappa shape index (κ2) is 9.30. The van der Waals surface area contributed by atoms with Crippen LogP contribution in [0.2, 0.25) is 0 Å². The topological polar surface area (TPSA) is 108 Å². The molecule has 34 heavy (non-hydrogen) atoms. The molecule has 3 N–H and O–H groups in total. The van der Waals surface area contributed by atoms with E-state index < -0.39 is 35.1 Å². The molecule has 0 saturated carbocycles. The summed E-state index contributed by atoms with van der Waals surface area (Å²) in [6, 6.07) is 7.97. The van der Waals surface area contributed by atoms with E-state index in [9.17, 15) is 19.5 Å². The number of benzene rings is 1. The summed E-state index contributed by atoms with van der Waals surface area (Å²) in [5.74, 6) is -2.19. The molecule has 0 radical (unpaired) electrons. The molecule has 2 unspecified atom stereocenters. The SMILES string of the molecule is CCCNC(=O)[C@@H]1[C@H]2C(=O)N([C@@H](CO)Cc3ccccc3)C(C(=O)NC(C)C)C23CC[C@@]1(C)O3. The van der Waals surface area contributed by atoms with E-state index in [1.54, 1.807) is 0 Å². The molecule has 3 aliphatic heterocycles. The van der Waals surface area contributed by atoms with E-state index in [-0.39, 0.29) is 30.4 Å². The van der Waals surface area contributed by atoms with E-state index in [1.165, 1.54) is 4.90 Å². The number of rotatable bonds is 9. The van der Waals surface area contributed by atoms with Gasteiger partial charge in [-0.1, -0.05) is 37.3 Å². The molecular formula is C26H37N3O5. The Balaban J connectivity index is 1.75. The van der Waals surface area contributed by atoms with Crippen molar-refractivity contribution in [2.24, 2.45) is 11.8 Å². The number of hydrogen-bond donors (Lipinski definition) is 3. The number of nitrogens with one attached hydrogen (secondary N) is 2. The van der Waals surface area contributed by atoms with Gasteiger partial charge in [-0.15, -0.1) is 0 Å². The number of nitrogens with zero attached hydrogens (tertiary/aromatic N) is 1. The maximum atomic E-state index is 14.1. The first-order valence-electron chi connectivity index (χ1n) is 12.4. The summed E-state index contributed by atoms with van der Waals surface area (Å²) in [6.45, 7) is 7.84. The van der Waals surface area contributed by atoms with E-state index >= 15 is 0 Å². The van der Waals surface area contributed by atoms with Crippen LogP contribution < -0.4 is 10.6 Å². The molecule has 3 heterocycles. The molecule has 3 saturated heterocycles. The van der Waals surface area contributed by atoms with Gasteiger partial charge in [0.25, 0.3) is 0 Å². The first-order valence-corrected chi connectivity index (χ1v) is 12.4. The Morgan fingerprint density at radius 3 is 2.53 bits per heavy atom. The third-order valence-electron chi connectivity index (χ3n) is 7.64. The van der Waals surface area contributed by atoms with Crippen LogP contribution >= 0.6 is 0 Å². The van der Waals surface area contributed by atoms with Crippen molar-refractivity contribution in [3.63, 3.8) is 0 Å². The number of carbonyl (C=O) groups is 3. The van der Waals surface area contributed by atoms with Crippen molar-refractivity contribution in [1.82, 2.24) is 15.5 Å². The predicted molar refractivity (Wildman–Crippen MR) is 127 cm³/mol. The molecule has 3 amide bonds. The first kappa shape index (κ1) is 24.7. The number of carbonyl (C=O) groups excluding carboxylic acids is 3. The highest BCUT2D eigenvalue weighted by Crippen LogP contribution is 2.63. The van der Waals surface area contributed by atoms with Crippen LogP contribution in [0.4, 0.5) is 0 Å². The number of likely N-dealkylation sites (tertiary alicyclic amines) is 1. The summed E-state index contributed by atoms with van der Waals surface area (Å²) in [5.41, 5.74) is -0.918. The van der Waals surface area contributed by atoms with Crippen LogP contribution in [0, 0.1) is 11.8 Å². The lowest BCUT2D eigenvalue weighted by Crippen LogP contribution is -2.59. The predicted octanol–water partition coefficient (Wildman–Crippen LogP) is 1.41. The van der Waals surface area contributed by atoms with Crippen LogP contribution in [-0.2, 0) is 25.5 Å². The van der Waals surface area contributed by atoms with Crippen LogP contribution in [0.5, 0.6) is 0 Å². The lowest BCUT2D eigenvalue weighted by molar-refractivity contribution is -0.149.